The molecule has 0 bridgehead atoms. The quantitative estimate of drug-likeness (QED) is 0.789. The maximum Gasteiger partial charge on any atom is 0.408 e. The lowest BCUT2D eigenvalue weighted by Gasteiger charge is -2.21. The van der Waals surface area contributed by atoms with E-state index in [1.165, 1.54) is 33.4 Å². The number of amides is 2. The predicted molar refractivity (Wildman–Crippen MR) is 122 cm³/mol. The molecule has 0 spiro atoms. The van der Waals surface area contributed by atoms with Gasteiger partial charge in [-0.15, -0.1) is 0 Å². The first-order valence-corrected chi connectivity index (χ1v) is 10.9. The maximum absolute atomic E-state index is 12.7. The third kappa shape index (κ3) is 4.82. The summed E-state index contributed by atoms with van der Waals surface area (Å²) in [5.41, 5.74) is 7.26. The number of hydrogen-bond acceptors (Lipinski definition) is 3. The van der Waals surface area contributed by atoms with Crippen LogP contribution in [0.4, 0.5) is 4.79 Å². The van der Waals surface area contributed by atoms with Gasteiger partial charge in [-0.1, -0.05) is 48.5 Å². The molecule has 1 fully saturated rings. The van der Waals surface area contributed by atoms with Crippen LogP contribution in [0.3, 0.4) is 0 Å². The van der Waals surface area contributed by atoms with E-state index >= 15 is 0 Å². The first-order valence-electron chi connectivity index (χ1n) is 10.9. The van der Waals surface area contributed by atoms with E-state index in [0.717, 1.165) is 19.3 Å². The summed E-state index contributed by atoms with van der Waals surface area (Å²) < 4.78 is 5.23. The molecule has 1 heterocycles. The average molecular weight is 419 g/mol. The topological polar surface area (TPSA) is 58.6 Å². The first kappa shape index (κ1) is 21.2. The highest BCUT2D eigenvalue weighted by molar-refractivity contribution is 5.88. The molecule has 31 heavy (non-hydrogen) atoms. The zero-order chi connectivity index (χ0) is 22.0. The van der Waals surface area contributed by atoms with Gasteiger partial charge in [0.25, 0.3) is 0 Å². The second-order valence-electron chi connectivity index (χ2n) is 9.21. The van der Waals surface area contributed by atoms with E-state index in [0.29, 0.717) is 13.1 Å². The van der Waals surface area contributed by atoms with Gasteiger partial charge in [0.1, 0.15) is 12.1 Å². The van der Waals surface area contributed by atoms with Gasteiger partial charge in [-0.25, -0.2) is 4.79 Å². The standard InChI is InChI=1S/C26H30N2O3/c1-26(2,3)31-25(30)27-16-23(29)28-15-14-20(17-28)24-21-10-6-4-8-18(21)12-13-19-9-5-7-11-22(19)24/h4-11H,12-17H2,1-3H3,(H,27,30). The summed E-state index contributed by atoms with van der Waals surface area (Å²) in [6.45, 7) is 6.61. The molecule has 1 aliphatic carbocycles. The normalized spacial score (nSPS) is 15.8. The minimum atomic E-state index is -0.585. The lowest BCUT2D eigenvalue weighted by Crippen LogP contribution is -2.40. The zero-order valence-electron chi connectivity index (χ0n) is 18.5. The summed E-state index contributed by atoms with van der Waals surface area (Å²) in [5, 5.41) is 2.58. The summed E-state index contributed by atoms with van der Waals surface area (Å²) in [6, 6.07) is 17.2. The van der Waals surface area contributed by atoms with Crippen LogP contribution in [0.25, 0.3) is 5.57 Å². The summed E-state index contributed by atoms with van der Waals surface area (Å²) >= 11 is 0. The van der Waals surface area contributed by atoms with Crippen LogP contribution >= 0.6 is 0 Å². The molecule has 0 aromatic heterocycles. The Hall–Kier alpha value is -3.08. The predicted octanol–water partition coefficient (Wildman–Crippen LogP) is 4.34. The number of aryl methyl sites for hydroxylation is 2. The molecule has 2 amide bonds. The van der Waals surface area contributed by atoms with Crippen molar-refractivity contribution in [1.82, 2.24) is 10.2 Å². The van der Waals surface area contributed by atoms with E-state index in [4.69, 9.17) is 4.74 Å². The van der Waals surface area contributed by atoms with Gasteiger partial charge in [-0.05, 0) is 73.4 Å². The molecule has 2 aromatic carbocycles. The molecule has 1 saturated heterocycles. The molecular weight excluding hydrogens is 388 g/mol. The second kappa shape index (κ2) is 8.58. The minimum Gasteiger partial charge on any atom is -0.444 e. The fourth-order valence-corrected chi connectivity index (χ4v) is 4.41. The lowest BCUT2D eigenvalue weighted by molar-refractivity contribution is -0.129. The molecule has 2 aliphatic rings. The van der Waals surface area contributed by atoms with Gasteiger partial charge < -0.3 is 15.0 Å². The van der Waals surface area contributed by atoms with Crippen molar-refractivity contribution in [3.8, 4) is 0 Å². The maximum atomic E-state index is 12.7. The van der Waals surface area contributed by atoms with Crippen LogP contribution in [0.2, 0.25) is 0 Å². The van der Waals surface area contributed by atoms with Crippen molar-refractivity contribution < 1.29 is 14.3 Å². The van der Waals surface area contributed by atoms with Gasteiger partial charge in [0, 0.05) is 13.1 Å². The number of ether oxygens (including phenoxy) is 1. The molecule has 162 valence electrons. The van der Waals surface area contributed by atoms with Crippen LogP contribution in [-0.4, -0.2) is 42.1 Å². The molecule has 4 rings (SSSR count). The van der Waals surface area contributed by atoms with E-state index in [-0.39, 0.29) is 12.5 Å². The Morgan fingerprint density at radius 1 is 0.935 bits per heavy atom. The lowest BCUT2D eigenvalue weighted by atomic mass is 9.89. The van der Waals surface area contributed by atoms with Gasteiger partial charge in [-0.3, -0.25) is 4.79 Å². The number of nitrogens with one attached hydrogen (secondary N) is 1. The largest absolute Gasteiger partial charge is 0.444 e. The van der Waals surface area contributed by atoms with Crippen LogP contribution in [0.5, 0.6) is 0 Å². The van der Waals surface area contributed by atoms with Gasteiger partial charge >= 0.3 is 6.09 Å². The van der Waals surface area contributed by atoms with Gasteiger partial charge in [-0.2, -0.15) is 0 Å². The molecule has 1 aliphatic heterocycles. The average Bonchev–Trinajstić information content (AvgIpc) is 3.14. The van der Waals surface area contributed by atoms with Crippen LogP contribution in [0, 0.1) is 0 Å². The number of nitrogens with zero attached hydrogens (tertiary/aromatic N) is 1. The second-order valence-corrected chi connectivity index (χ2v) is 9.21. The molecule has 2 aromatic rings. The summed E-state index contributed by atoms with van der Waals surface area (Å²) in [5.74, 6) is -0.0864. The Labute approximate surface area is 184 Å². The Balaban J connectivity index is 1.56. The fourth-order valence-electron chi connectivity index (χ4n) is 4.41. The highest BCUT2D eigenvalue weighted by Gasteiger charge is 2.28. The molecular formula is C26H30N2O3. The SMILES string of the molecule is CC(C)(C)OC(=O)NCC(=O)N1CCC(=C2c3ccccc3CCc3ccccc32)C1. The Kier molecular flexibility index (Phi) is 5.86. The molecule has 0 radical (unpaired) electrons. The smallest absolute Gasteiger partial charge is 0.408 e. The van der Waals surface area contributed by atoms with E-state index in [1.54, 1.807) is 20.8 Å². The summed E-state index contributed by atoms with van der Waals surface area (Å²) in [4.78, 5) is 26.5. The van der Waals surface area contributed by atoms with Crippen molar-refractivity contribution in [2.24, 2.45) is 0 Å². The van der Waals surface area contributed by atoms with Gasteiger partial charge in [0.05, 0.1) is 0 Å². The third-order valence-electron chi connectivity index (χ3n) is 5.79. The highest BCUT2D eigenvalue weighted by Crippen LogP contribution is 2.38. The van der Waals surface area contributed by atoms with E-state index in [9.17, 15) is 9.59 Å². The molecule has 0 saturated carbocycles. The number of fused-ring (bicyclic) bond motifs is 2. The number of alkyl carbamates (subject to hydrolysis) is 1. The fraction of sp³-hybridized carbons (Fsp3) is 0.385. The number of likely N-dealkylation sites (tertiary alicyclic amines) is 1. The first-order chi connectivity index (χ1) is 14.8. The molecule has 1 N–H and O–H groups in total. The minimum absolute atomic E-state index is 0.0509. The Morgan fingerprint density at radius 3 is 2.10 bits per heavy atom. The van der Waals surface area contributed by atoms with E-state index in [2.05, 4.69) is 53.8 Å². The monoisotopic (exact) mass is 418 g/mol. The van der Waals surface area contributed by atoms with Crippen molar-refractivity contribution in [2.45, 2.75) is 45.6 Å². The molecule has 0 atom stereocenters. The Morgan fingerprint density at radius 2 is 1.52 bits per heavy atom. The molecule has 5 heteroatoms. The highest BCUT2D eigenvalue weighted by atomic mass is 16.6. The van der Waals surface area contributed by atoms with Gasteiger partial charge in [0.15, 0.2) is 0 Å². The van der Waals surface area contributed by atoms with Crippen molar-refractivity contribution in [2.75, 3.05) is 19.6 Å². The summed E-state index contributed by atoms with van der Waals surface area (Å²) in [6.07, 6.45) is 2.32. The number of carbonyl (C=O) groups excluding carboxylic acids is 2. The third-order valence-corrected chi connectivity index (χ3v) is 5.79. The van der Waals surface area contributed by atoms with Crippen LogP contribution in [0.1, 0.15) is 49.4 Å². The van der Waals surface area contributed by atoms with E-state index in [1.807, 2.05) is 4.90 Å². The zero-order valence-corrected chi connectivity index (χ0v) is 18.5. The number of rotatable bonds is 2. The van der Waals surface area contributed by atoms with Gasteiger partial charge in [0.2, 0.25) is 5.91 Å². The molecule has 0 unspecified atom stereocenters. The van der Waals surface area contributed by atoms with Crippen LogP contribution in [0.15, 0.2) is 54.1 Å². The number of benzene rings is 2. The summed E-state index contributed by atoms with van der Waals surface area (Å²) in [7, 11) is 0. The van der Waals surface area contributed by atoms with Crippen molar-refractivity contribution in [3.63, 3.8) is 0 Å². The Bertz CT molecular complexity index is 983. The number of hydrogen-bond donors (Lipinski definition) is 1. The van der Waals surface area contributed by atoms with Crippen molar-refractivity contribution in [3.05, 3.63) is 76.4 Å². The number of carbonyl (C=O) groups is 2. The van der Waals surface area contributed by atoms with Crippen LogP contribution < -0.4 is 5.32 Å². The van der Waals surface area contributed by atoms with Crippen LogP contribution in [-0.2, 0) is 22.4 Å². The van der Waals surface area contributed by atoms with Crippen molar-refractivity contribution >= 4 is 17.6 Å². The van der Waals surface area contributed by atoms with E-state index < -0.39 is 11.7 Å². The molecule has 5 nitrogen and oxygen atoms in total. The van der Waals surface area contributed by atoms with Crippen molar-refractivity contribution in [1.29, 1.82) is 0 Å².